The van der Waals surface area contributed by atoms with Crippen LogP contribution in [-0.4, -0.2) is 25.9 Å². The van der Waals surface area contributed by atoms with Gasteiger partial charge in [-0.3, -0.25) is 9.59 Å². The molecule has 5 nitrogen and oxygen atoms in total. The zero-order valence-electron chi connectivity index (χ0n) is 11.5. The maximum Gasteiger partial charge on any atom is 0.231 e. The van der Waals surface area contributed by atoms with Gasteiger partial charge in [0.15, 0.2) is 0 Å². The lowest BCUT2D eigenvalue weighted by Crippen LogP contribution is -2.16. The summed E-state index contributed by atoms with van der Waals surface area (Å²) in [7, 11) is 3.07. The van der Waals surface area contributed by atoms with Crippen LogP contribution in [0.4, 0.5) is 5.69 Å². The van der Waals surface area contributed by atoms with Gasteiger partial charge in [0.25, 0.3) is 0 Å². The van der Waals surface area contributed by atoms with Crippen molar-refractivity contribution in [3.05, 3.63) is 18.2 Å². The Kier molecular flexibility index (Phi) is 5.85. The summed E-state index contributed by atoms with van der Waals surface area (Å²) in [6, 6.07) is 5.05. The molecule has 1 N–H and O–H groups in total. The maximum atomic E-state index is 11.7. The summed E-state index contributed by atoms with van der Waals surface area (Å²) in [6.45, 7) is 1.91. The third-order valence-electron chi connectivity index (χ3n) is 2.52. The van der Waals surface area contributed by atoms with Crippen molar-refractivity contribution in [1.29, 1.82) is 0 Å². The van der Waals surface area contributed by atoms with E-state index < -0.39 is 0 Å². The second-order valence-electron chi connectivity index (χ2n) is 4.11. The minimum Gasteiger partial charge on any atom is -0.497 e. The van der Waals surface area contributed by atoms with Crippen molar-refractivity contribution in [2.24, 2.45) is 0 Å². The summed E-state index contributed by atoms with van der Waals surface area (Å²) in [5.41, 5.74) is 0.547. The first-order chi connectivity index (χ1) is 9.08. The lowest BCUT2D eigenvalue weighted by molar-refractivity contribution is -0.125. The van der Waals surface area contributed by atoms with E-state index in [0.717, 1.165) is 6.42 Å². The van der Waals surface area contributed by atoms with Crippen LogP contribution in [0.3, 0.4) is 0 Å². The van der Waals surface area contributed by atoms with E-state index >= 15 is 0 Å². The summed E-state index contributed by atoms with van der Waals surface area (Å²) in [4.78, 5) is 23.1. The van der Waals surface area contributed by atoms with Gasteiger partial charge in [0.05, 0.1) is 20.6 Å². The number of carbonyl (C=O) groups excluding carboxylic acids is 2. The van der Waals surface area contributed by atoms with Crippen molar-refractivity contribution in [3.63, 3.8) is 0 Å². The molecule has 1 aromatic carbocycles. The number of anilines is 1. The number of benzene rings is 1. The predicted octanol–water partition coefficient (Wildman–Crippen LogP) is 2.40. The molecule has 0 bridgehead atoms. The minimum atomic E-state index is -0.325. The highest BCUT2D eigenvalue weighted by Gasteiger charge is 2.10. The summed E-state index contributed by atoms with van der Waals surface area (Å²) >= 11 is 0. The third kappa shape index (κ3) is 4.99. The molecule has 0 spiro atoms. The number of hydrogen-bond donors (Lipinski definition) is 1. The molecule has 0 aromatic heterocycles. The number of ketones is 1. The highest BCUT2D eigenvalue weighted by atomic mass is 16.5. The first-order valence-electron chi connectivity index (χ1n) is 6.13. The molecule has 0 saturated heterocycles. The number of ether oxygens (including phenoxy) is 2. The Bertz CT molecular complexity index is 435. The molecule has 104 valence electrons. The van der Waals surface area contributed by atoms with E-state index in [9.17, 15) is 9.59 Å². The lowest BCUT2D eigenvalue weighted by Gasteiger charge is -2.09. The van der Waals surface area contributed by atoms with Gasteiger partial charge < -0.3 is 14.8 Å². The fourth-order valence-corrected chi connectivity index (χ4v) is 1.63. The Morgan fingerprint density at radius 1 is 1.11 bits per heavy atom. The quantitative estimate of drug-likeness (QED) is 0.769. The molecule has 0 atom stereocenters. The largest absolute Gasteiger partial charge is 0.497 e. The molecular formula is C14H19NO4. The van der Waals surface area contributed by atoms with Crippen LogP contribution in [0.1, 0.15) is 26.2 Å². The molecule has 0 heterocycles. The molecule has 1 aromatic rings. The standard InChI is InChI=1S/C14H19NO4/c1-4-5-11(16)8-14(17)15-10-6-12(18-2)9-13(7-10)19-3/h6-7,9H,4-5,8H2,1-3H3,(H,15,17). The van der Waals surface area contributed by atoms with Crippen LogP contribution in [0.15, 0.2) is 18.2 Å². The van der Waals surface area contributed by atoms with Gasteiger partial charge in [-0.2, -0.15) is 0 Å². The summed E-state index contributed by atoms with van der Waals surface area (Å²) in [6.07, 6.45) is 1.07. The van der Waals surface area contributed by atoms with Gasteiger partial charge in [0, 0.05) is 30.3 Å². The summed E-state index contributed by atoms with van der Waals surface area (Å²) in [5.74, 6) is 0.771. The summed E-state index contributed by atoms with van der Waals surface area (Å²) < 4.78 is 10.2. The minimum absolute atomic E-state index is 0.0603. The van der Waals surface area contributed by atoms with Gasteiger partial charge in [-0.15, -0.1) is 0 Å². The monoisotopic (exact) mass is 265 g/mol. The number of amides is 1. The van der Waals surface area contributed by atoms with Crippen molar-refractivity contribution in [1.82, 2.24) is 0 Å². The van der Waals surface area contributed by atoms with Crippen LogP contribution >= 0.6 is 0 Å². The van der Waals surface area contributed by atoms with Crippen LogP contribution in [0.2, 0.25) is 0 Å². The molecule has 0 saturated carbocycles. The van der Waals surface area contributed by atoms with E-state index in [0.29, 0.717) is 23.6 Å². The van der Waals surface area contributed by atoms with E-state index in [1.165, 1.54) is 14.2 Å². The fourth-order valence-electron chi connectivity index (χ4n) is 1.63. The average molecular weight is 265 g/mol. The number of carbonyl (C=O) groups is 2. The summed E-state index contributed by atoms with van der Waals surface area (Å²) in [5, 5.41) is 2.66. The molecule has 0 aliphatic carbocycles. The number of rotatable bonds is 7. The third-order valence-corrected chi connectivity index (χ3v) is 2.52. The SMILES string of the molecule is CCCC(=O)CC(=O)Nc1cc(OC)cc(OC)c1. The number of Topliss-reactive ketones (excluding diaryl/α,β-unsaturated/α-hetero) is 1. The van der Waals surface area contributed by atoms with Gasteiger partial charge in [-0.25, -0.2) is 0 Å². The predicted molar refractivity (Wildman–Crippen MR) is 72.7 cm³/mol. The Hall–Kier alpha value is -2.04. The number of methoxy groups -OCH3 is 2. The van der Waals surface area contributed by atoms with E-state index in [4.69, 9.17) is 9.47 Å². The van der Waals surface area contributed by atoms with E-state index in [1.807, 2.05) is 6.92 Å². The molecular weight excluding hydrogens is 246 g/mol. The van der Waals surface area contributed by atoms with Crippen molar-refractivity contribution in [2.75, 3.05) is 19.5 Å². The zero-order valence-corrected chi connectivity index (χ0v) is 11.5. The van der Waals surface area contributed by atoms with Gasteiger partial charge >= 0.3 is 0 Å². The van der Waals surface area contributed by atoms with Crippen LogP contribution in [0.25, 0.3) is 0 Å². The highest BCUT2D eigenvalue weighted by molar-refractivity contribution is 6.04. The second-order valence-corrected chi connectivity index (χ2v) is 4.11. The Labute approximate surface area is 112 Å². The number of nitrogens with one attached hydrogen (secondary N) is 1. The first-order valence-corrected chi connectivity index (χ1v) is 6.13. The molecule has 1 rings (SSSR count). The van der Waals surface area contributed by atoms with Crippen LogP contribution in [0.5, 0.6) is 11.5 Å². The van der Waals surface area contributed by atoms with Crippen LogP contribution in [-0.2, 0) is 9.59 Å². The smallest absolute Gasteiger partial charge is 0.231 e. The molecule has 0 aliphatic heterocycles. The van der Waals surface area contributed by atoms with E-state index in [2.05, 4.69) is 5.32 Å². The molecule has 0 aliphatic rings. The average Bonchev–Trinajstić information content (AvgIpc) is 2.38. The van der Waals surface area contributed by atoms with Crippen molar-refractivity contribution < 1.29 is 19.1 Å². The molecule has 19 heavy (non-hydrogen) atoms. The zero-order chi connectivity index (χ0) is 14.3. The van der Waals surface area contributed by atoms with Crippen molar-refractivity contribution >= 4 is 17.4 Å². The van der Waals surface area contributed by atoms with Gasteiger partial charge in [-0.1, -0.05) is 6.92 Å². The molecule has 0 fully saturated rings. The number of hydrogen-bond acceptors (Lipinski definition) is 4. The van der Waals surface area contributed by atoms with E-state index in [-0.39, 0.29) is 18.1 Å². The highest BCUT2D eigenvalue weighted by Crippen LogP contribution is 2.25. The lowest BCUT2D eigenvalue weighted by atomic mass is 10.1. The van der Waals surface area contributed by atoms with Crippen molar-refractivity contribution in [3.8, 4) is 11.5 Å². The Balaban J connectivity index is 2.70. The van der Waals surface area contributed by atoms with Gasteiger partial charge in [0.2, 0.25) is 5.91 Å². The fraction of sp³-hybridized carbons (Fsp3) is 0.429. The van der Waals surface area contributed by atoms with E-state index in [1.54, 1.807) is 18.2 Å². The van der Waals surface area contributed by atoms with Crippen molar-refractivity contribution in [2.45, 2.75) is 26.2 Å². The maximum absolute atomic E-state index is 11.7. The van der Waals surface area contributed by atoms with Gasteiger partial charge in [0.1, 0.15) is 17.3 Å². The molecule has 5 heteroatoms. The molecule has 1 amide bonds. The molecule has 0 radical (unpaired) electrons. The van der Waals surface area contributed by atoms with Crippen LogP contribution in [0, 0.1) is 0 Å². The first kappa shape index (κ1) is 15.0. The van der Waals surface area contributed by atoms with Gasteiger partial charge in [-0.05, 0) is 6.42 Å². The second kappa shape index (κ2) is 7.41. The Morgan fingerprint density at radius 3 is 2.16 bits per heavy atom. The van der Waals surface area contributed by atoms with Crippen LogP contribution < -0.4 is 14.8 Å². The molecule has 0 unspecified atom stereocenters. The normalized spacial score (nSPS) is 9.84. The topological polar surface area (TPSA) is 64.6 Å². The Morgan fingerprint density at radius 2 is 1.68 bits per heavy atom.